The lowest BCUT2D eigenvalue weighted by molar-refractivity contribution is 0.599. The second-order valence-electron chi connectivity index (χ2n) is 5.69. The van der Waals surface area contributed by atoms with Crippen molar-refractivity contribution in [3.8, 4) is 0 Å². The van der Waals surface area contributed by atoms with Gasteiger partial charge in [-0.15, -0.1) is 24.0 Å². The summed E-state index contributed by atoms with van der Waals surface area (Å²) >= 11 is 0. The molecule has 24 heavy (non-hydrogen) atoms. The Morgan fingerprint density at radius 1 is 1.46 bits per heavy atom. The van der Waals surface area contributed by atoms with Gasteiger partial charge in [0.1, 0.15) is 5.65 Å². The second kappa shape index (κ2) is 8.15. The van der Waals surface area contributed by atoms with E-state index < -0.39 is 9.84 Å². The number of aliphatic imine (C=N–C) groups is 1. The topological polar surface area (TPSA) is 87.9 Å². The highest BCUT2D eigenvalue weighted by Gasteiger charge is 2.28. The third kappa shape index (κ3) is 4.82. The average Bonchev–Trinajstić information content (AvgIpc) is 3.08. The maximum Gasteiger partial charge on any atom is 0.191 e. The fraction of sp³-hybridized carbons (Fsp3) is 0.467. The monoisotopic (exact) mass is 463 g/mol. The van der Waals surface area contributed by atoms with Crippen LogP contribution >= 0.6 is 24.0 Å². The Morgan fingerprint density at radius 2 is 2.29 bits per heavy atom. The van der Waals surface area contributed by atoms with Crippen molar-refractivity contribution in [2.24, 2.45) is 4.99 Å². The van der Waals surface area contributed by atoms with E-state index in [1.807, 2.05) is 35.0 Å². The predicted octanol–water partition coefficient (Wildman–Crippen LogP) is 0.847. The second-order valence-corrected chi connectivity index (χ2v) is 7.92. The van der Waals surface area contributed by atoms with Gasteiger partial charge in [-0.3, -0.25) is 4.99 Å². The predicted molar refractivity (Wildman–Crippen MR) is 106 cm³/mol. The van der Waals surface area contributed by atoms with E-state index in [1.165, 1.54) is 0 Å². The van der Waals surface area contributed by atoms with Gasteiger partial charge in [0.2, 0.25) is 0 Å². The van der Waals surface area contributed by atoms with Gasteiger partial charge in [-0.05, 0) is 18.6 Å². The molecule has 0 saturated carbocycles. The number of rotatable bonds is 4. The van der Waals surface area contributed by atoms with Crippen LogP contribution in [0.25, 0.3) is 5.65 Å². The molecular formula is C15H22IN5O2S. The van der Waals surface area contributed by atoms with Crippen molar-refractivity contribution in [1.29, 1.82) is 0 Å². The van der Waals surface area contributed by atoms with Gasteiger partial charge in [0.05, 0.1) is 17.2 Å². The molecule has 1 fully saturated rings. The highest BCUT2D eigenvalue weighted by molar-refractivity contribution is 14.0. The number of sulfone groups is 1. The highest BCUT2D eigenvalue weighted by Crippen LogP contribution is 2.11. The van der Waals surface area contributed by atoms with Gasteiger partial charge in [0.25, 0.3) is 0 Å². The first kappa shape index (κ1) is 19.0. The summed E-state index contributed by atoms with van der Waals surface area (Å²) in [5, 5.41) is 6.38. The summed E-state index contributed by atoms with van der Waals surface area (Å²) in [6, 6.07) is 5.85. The van der Waals surface area contributed by atoms with Crippen LogP contribution in [-0.4, -0.2) is 54.9 Å². The first-order valence-electron chi connectivity index (χ1n) is 7.66. The van der Waals surface area contributed by atoms with Gasteiger partial charge in [-0.1, -0.05) is 6.07 Å². The first-order valence-corrected chi connectivity index (χ1v) is 9.48. The Kier molecular flexibility index (Phi) is 6.44. The molecule has 1 aliphatic heterocycles. The molecule has 1 unspecified atom stereocenters. The van der Waals surface area contributed by atoms with Gasteiger partial charge in [0, 0.05) is 38.4 Å². The number of hydrogen-bond donors (Lipinski definition) is 2. The third-order valence-electron chi connectivity index (χ3n) is 3.88. The van der Waals surface area contributed by atoms with E-state index in [1.54, 1.807) is 7.05 Å². The molecule has 2 aromatic heterocycles. The molecule has 1 aliphatic rings. The highest BCUT2D eigenvalue weighted by atomic mass is 127. The summed E-state index contributed by atoms with van der Waals surface area (Å²) in [5.74, 6) is 1.07. The molecule has 0 radical (unpaired) electrons. The Morgan fingerprint density at radius 3 is 2.96 bits per heavy atom. The molecule has 7 nitrogen and oxygen atoms in total. The molecule has 2 N–H and O–H groups in total. The molecule has 132 valence electrons. The van der Waals surface area contributed by atoms with E-state index in [0.29, 0.717) is 18.9 Å². The van der Waals surface area contributed by atoms with E-state index in [0.717, 1.165) is 17.8 Å². The van der Waals surface area contributed by atoms with Gasteiger partial charge in [0.15, 0.2) is 15.8 Å². The fourth-order valence-electron chi connectivity index (χ4n) is 2.71. The quantitative estimate of drug-likeness (QED) is 0.399. The Hall–Kier alpha value is -1.36. The minimum absolute atomic E-state index is 0. The van der Waals surface area contributed by atoms with Crippen molar-refractivity contribution in [2.75, 3.05) is 25.1 Å². The van der Waals surface area contributed by atoms with Crippen molar-refractivity contribution in [3.63, 3.8) is 0 Å². The zero-order chi connectivity index (χ0) is 16.3. The van der Waals surface area contributed by atoms with E-state index in [4.69, 9.17) is 0 Å². The zero-order valence-corrected chi connectivity index (χ0v) is 16.6. The molecule has 2 aromatic rings. The molecule has 9 heteroatoms. The van der Waals surface area contributed by atoms with Crippen LogP contribution in [0.5, 0.6) is 0 Å². The number of halogens is 1. The number of imidazole rings is 1. The number of nitrogens with zero attached hydrogens (tertiary/aromatic N) is 3. The largest absolute Gasteiger partial charge is 0.356 e. The van der Waals surface area contributed by atoms with Crippen LogP contribution in [0.1, 0.15) is 12.1 Å². The normalized spacial score (nSPS) is 19.9. The lowest BCUT2D eigenvalue weighted by Gasteiger charge is -2.15. The number of fused-ring (bicyclic) bond motifs is 1. The summed E-state index contributed by atoms with van der Waals surface area (Å²) in [6.07, 6.45) is 5.39. The van der Waals surface area contributed by atoms with Crippen LogP contribution in [0.15, 0.2) is 35.6 Å². The van der Waals surface area contributed by atoms with Gasteiger partial charge in [-0.2, -0.15) is 0 Å². The van der Waals surface area contributed by atoms with Crippen LogP contribution in [0, 0.1) is 0 Å². The molecule has 0 spiro atoms. The van der Waals surface area contributed by atoms with Crippen molar-refractivity contribution >= 4 is 45.4 Å². The van der Waals surface area contributed by atoms with Crippen LogP contribution in [0.4, 0.5) is 0 Å². The zero-order valence-electron chi connectivity index (χ0n) is 13.5. The Balaban J connectivity index is 0.00000208. The Bertz CT molecular complexity index is 785. The van der Waals surface area contributed by atoms with E-state index >= 15 is 0 Å². The van der Waals surface area contributed by atoms with Crippen molar-refractivity contribution in [2.45, 2.75) is 18.9 Å². The molecule has 3 rings (SSSR count). The number of aromatic nitrogens is 2. The summed E-state index contributed by atoms with van der Waals surface area (Å²) in [4.78, 5) is 8.69. The SMILES string of the molecule is CN=C(NCCc1cn2ccccc2n1)NC1CCS(=O)(=O)C1.I. The fourth-order valence-corrected chi connectivity index (χ4v) is 4.39. The molecular weight excluding hydrogens is 441 g/mol. The van der Waals surface area contributed by atoms with E-state index in [2.05, 4.69) is 20.6 Å². The van der Waals surface area contributed by atoms with Crippen LogP contribution in [-0.2, 0) is 16.3 Å². The molecule has 0 aliphatic carbocycles. The molecule has 3 heterocycles. The van der Waals surface area contributed by atoms with E-state index in [9.17, 15) is 8.42 Å². The molecule has 1 saturated heterocycles. The van der Waals surface area contributed by atoms with Crippen molar-refractivity contribution < 1.29 is 8.42 Å². The summed E-state index contributed by atoms with van der Waals surface area (Å²) in [7, 11) is -1.20. The summed E-state index contributed by atoms with van der Waals surface area (Å²) in [6.45, 7) is 0.684. The maximum absolute atomic E-state index is 11.5. The lowest BCUT2D eigenvalue weighted by atomic mass is 10.3. The smallest absolute Gasteiger partial charge is 0.191 e. The van der Waals surface area contributed by atoms with E-state index in [-0.39, 0.29) is 41.5 Å². The number of guanidine groups is 1. The molecule has 0 bridgehead atoms. The number of hydrogen-bond acceptors (Lipinski definition) is 4. The first-order chi connectivity index (χ1) is 11.1. The van der Waals surface area contributed by atoms with Crippen LogP contribution in [0.2, 0.25) is 0 Å². The molecule has 0 aromatic carbocycles. The number of pyridine rings is 1. The molecule has 0 amide bonds. The third-order valence-corrected chi connectivity index (χ3v) is 5.65. The maximum atomic E-state index is 11.5. The van der Waals surface area contributed by atoms with Crippen molar-refractivity contribution in [1.82, 2.24) is 20.0 Å². The average molecular weight is 463 g/mol. The summed E-state index contributed by atoms with van der Waals surface area (Å²) < 4.78 is 25.0. The van der Waals surface area contributed by atoms with Gasteiger partial charge >= 0.3 is 0 Å². The lowest BCUT2D eigenvalue weighted by Crippen LogP contribution is -2.44. The van der Waals surface area contributed by atoms with Gasteiger partial charge < -0.3 is 15.0 Å². The van der Waals surface area contributed by atoms with Gasteiger partial charge in [-0.25, -0.2) is 13.4 Å². The minimum Gasteiger partial charge on any atom is -0.356 e. The standard InChI is InChI=1S/C15H21N5O2S.HI/c1-16-15(19-13-6-9-23(21,22)11-13)17-7-5-12-10-20-8-3-2-4-14(20)18-12;/h2-4,8,10,13H,5-7,9,11H2,1H3,(H2,16,17,19);1H. The van der Waals surface area contributed by atoms with Crippen LogP contribution < -0.4 is 10.6 Å². The van der Waals surface area contributed by atoms with Crippen molar-refractivity contribution in [3.05, 3.63) is 36.3 Å². The summed E-state index contributed by atoms with van der Waals surface area (Å²) in [5.41, 5.74) is 1.93. The minimum atomic E-state index is -2.89. The Labute approximate surface area is 158 Å². The molecule has 1 atom stereocenters. The van der Waals surface area contributed by atoms with Crippen LogP contribution in [0.3, 0.4) is 0 Å². The number of nitrogens with one attached hydrogen (secondary N) is 2.